The average Bonchev–Trinajstić information content (AvgIpc) is 3.00. The molecule has 1 aliphatic rings. The summed E-state index contributed by atoms with van der Waals surface area (Å²) in [5.41, 5.74) is 1.14. The molecule has 2 atom stereocenters. The van der Waals surface area contributed by atoms with E-state index in [1.165, 1.54) is 18.2 Å². The third-order valence-corrected chi connectivity index (χ3v) is 5.16. The van der Waals surface area contributed by atoms with Gasteiger partial charge in [0, 0.05) is 13.1 Å². The van der Waals surface area contributed by atoms with Crippen LogP contribution < -0.4 is 0 Å². The molecule has 2 aromatic rings. The SMILES string of the molecule is C[C@@H]1C[C@H](C)CN(C(=O)CSc2nnnn2Cc2ccccc2)C1. The van der Waals surface area contributed by atoms with Gasteiger partial charge in [0.25, 0.3) is 0 Å². The van der Waals surface area contributed by atoms with Gasteiger partial charge in [-0.3, -0.25) is 4.79 Å². The van der Waals surface area contributed by atoms with Crippen LogP contribution in [-0.4, -0.2) is 49.9 Å². The molecule has 0 spiro atoms. The molecule has 1 saturated heterocycles. The van der Waals surface area contributed by atoms with Crippen LogP contribution in [0, 0.1) is 11.8 Å². The minimum absolute atomic E-state index is 0.174. The van der Waals surface area contributed by atoms with E-state index < -0.39 is 0 Å². The molecule has 0 unspecified atom stereocenters. The number of thioether (sulfide) groups is 1. The van der Waals surface area contributed by atoms with Gasteiger partial charge in [0.2, 0.25) is 11.1 Å². The highest BCUT2D eigenvalue weighted by Gasteiger charge is 2.25. The molecule has 0 saturated carbocycles. The van der Waals surface area contributed by atoms with Crippen LogP contribution in [0.5, 0.6) is 0 Å². The molecule has 1 aromatic heterocycles. The van der Waals surface area contributed by atoms with Gasteiger partial charge in [-0.2, -0.15) is 0 Å². The maximum atomic E-state index is 12.5. The van der Waals surface area contributed by atoms with E-state index >= 15 is 0 Å². The van der Waals surface area contributed by atoms with Gasteiger partial charge >= 0.3 is 0 Å². The van der Waals surface area contributed by atoms with Crippen molar-refractivity contribution in [2.24, 2.45) is 11.8 Å². The lowest BCUT2D eigenvalue weighted by molar-refractivity contribution is -0.130. The van der Waals surface area contributed by atoms with Crippen LogP contribution in [0.15, 0.2) is 35.5 Å². The summed E-state index contributed by atoms with van der Waals surface area (Å²) >= 11 is 1.41. The number of likely N-dealkylation sites (tertiary alicyclic amines) is 1. The Kier molecular flexibility index (Phi) is 5.50. The molecule has 1 fully saturated rings. The van der Waals surface area contributed by atoms with Gasteiger partial charge in [-0.25, -0.2) is 4.68 Å². The lowest BCUT2D eigenvalue weighted by atomic mass is 9.92. The van der Waals surface area contributed by atoms with Gasteiger partial charge in [-0.15, -0.1) is 5.10 Å². The largest absolute Gasteiger partial charge is 0.341 e. The predicted octanol–water partition coefficient (Wildman–Crippen LogP) is 2.32. The Hall–Kier alpha value is -1.89. The number of aromatic nitrogens is 4. The molecular formula is C17H23N5OS. The van der Waals surface area contributed by atoms with E-state index in [0.717, 1.165) is 18.7 Å². The number of nitrogens with zero attached hydrogens (tertiary/aromatic N) is 5. The van der Waals surface area contributed by atoms with E-state index in [9.17, 15) is 4.79 Å². The number of tetrazole rings is 1. The number of carbonyl (C=O) groups is 1. The Morgan fingerprint density at radius 3 is 2.62 bits per heavy atom. The molecule has 2 heterocycles. The van der Waals surface area contributed by atoms with E-state index in [0.29, 0.717) is 29.3 Å². The summed E-state index contributed by atoms with van der Waals surface area (Å²) in [7, 11) is 0. The van der Waals surface area contributed by atoms with Gasteiger partial charge in [-0.05, 0) is 34.2 Å². The number of amides is 1. The quantitative estimate of drug-likeness (QED) is 0.778. The van der Waals surface area contributed by atoms with E-state index in [-0.39, 0.29) is 5.91 Å². The first-order chi connectivity index (χ1) is 11.6. The Labute approximate surface area is 146 Å². The van der Waals surface area contributed by atoms with E-state index in [1.807, 2.05) is 35.2 Å². The lowest BCUT2D eigenvalue weighted by Gasteiger charge is -2.34. The molecule has 128 valence electrons. The van der Waals surface area contributed by atoms with Crippen molar-refractivity contribution in [1.82, 2.24) is 25.1 Å². The third-order valence-electron chi connectivity index (χ3n) is 4.22. The first kappa shape index (κ1) is 17.0. The zero-order valence-corrected chi connectivity index (χ0v) is 14.9. The predicted molar refractivity (Wildman–Crippen MR) is 93.6 cm³/mol. The van der Waals surface area contributed by atoms with Crippen LogP contribution in [0.1, 0.15) is 25.8 Å². The Balaban J connectivity index is 1.57. The monoisotopic (exact) mass is 345 g/mol. The Morgan fingerprint density at radius 1 is 1.21 bits per heavy atom. The van der Waals surface area contributed by atoms with E-state index in [2.05, 4.69) is 29.4 Å². The smallest absolute Gasteiger partial charge is 0.233 e. The van der Waals surface area contributed by atoms with Crippen molar-refractivity contribution in [3.05, 3.63) is 35.9 Å². The Bertz CT molecular complexity index is 665. The molecule has 0 bridgehead atoms. The summed E-state index contributed by atoms with van der Waals surface area (Å²) in [4.78, 5) is 14.5. The normalized spacial score (nSPS) is 21.0. The zero-order chi connectivity index (χ0) is 16.9. The highest BCUT2D eigenvalue weighted by Crippen LogP contribution is 2.23. The summed E-state index contributed by atoms with van der Waals surface area (Å²) < 4.78 is 1.74. The van der Waals surface area contributed by atoms with Gasteiger partial charge in [-0.1, -0.05) is 55.9 Å². The molecule has 3 rings (SSSR count). The fourth-order valence-corrected chi connectivity index (χ4v) is 4.02. The highest BCUT2D eigenvalue weighted by atomic mass is 32.2. The number of piperidine rings is 1. The third kappa shape index (κ3) is 4.35. The fraction of sp³-hybridized carbons (Fsp3) is 0.529. The molecule has 24 heavy (non-hydrogen) atoms. The number of carbonyl (C=O) groups excluding carboxylic acids is 1. The van der Waals surface area contributed by atoms with Gasteiger partial charge in [0.15, 0.2) is 0 Å². The van der Waals surface area contributed by atoms with Gasteiger partial charge < -0.3 is 4.90 Å². The fourth-order valence-electron chi connectivity index (χ4n) is 3.24. The summed E-state index contributed by atoms with van der Waals surface area (Å²) in [6.45, 7) is 6.76. The summed E-state index contributed by atoms with van der Waals surface area (Å²) in [6, 6.07) is 10.1. The highest BCUT2D eigenvalue weighted by molar-refractivity contribution is 7.99. The zero-order valence-electron chi connectivity index (χ0n) is 14.1. The van der Waals surface area contributed by atoms with Crippen molar-refractivity contribution in [3.63, 3.8) is 0 Å². The molecule has 1 aromatic carbocycles. The molecule has 1 amide bonds. The van der Waals surface area contributed by atoms with Crippen molar-refractivity contribution in [2.75, 3.05) is 18.8 Å². The standard InChI is InChI=1S/C17H23N5OS/c1-13-8-14(2)10-21(9-13)16(23)12-24-17-18-19-20-22(17)11-15-6-4-3-5-7-15/h3-7,13-14H,8-12H2,1-2H3/t13-,14+. The van der Waals surface area contributed by atoms with Crippen LogP contribution >= 0.6 is 11.8 Å². The second kappa shape index (κ2) is 7.79. The summed E-state index contributed by atoms with van der Waals surface area (Å²) in [5.74, 6) is 1.71. The molecular weight excluding hydrogens is 322 g/mol. The number of rotatable bonds is 5. The number of hydrogen-bond acceptors (Lipinski definition) is 5. The number of benzene rings is 1. The average molecular weight is 345 g/mol. The molecule has 7 heteroatoms. The van der Waals surface area contributed by atoms with Crippen molar-refractivity contribution in [3.8, 4) is 0 Å². The van der Waals surface area contributed by atoms with Crippen LogP contribution in [0.25, 0.3) is 0 Å². The van der Waals surface area contributed by atoms with Crippen LogP contribution in [0.3, 0.4) is 0 Å². The molecule has 0 aliphatic carbocycles. The lowest BCUT2D eigenvalue weighted by Crippen LogP contribution is -2.43. The molecule has 1 aliphatic heterocycles. The second-order valence-electron chi connectivity index (χ2n) is 6.64. The van der Waals surface area contributed by atoms with Crippen molar-refractivity contribution >= 4 is 17.7 Å². The van der Waals surface area contributed by atoms with E-state index in [4.69, 9.17) is 0 Å². The first-order valence-corrected chi connectivity index (χ1v) is 9.31. The molecule has 0 radical (unpaired) electrons. The first-order valence-electron chi connectivity index (χ1n) is 8.32. The van der Waals surface area contributed by atoms with E-state index in [1.54, 1.807) is 4.68 Å². The summed E-state index contributed by atoms with van der Waals surface area (Å²) in [5, 5.41) is 12.5. The minimum atomic E-state index is 0.174. The van der Waals surface area contributed by atoms with Gasteiger partial charge in [0.05, 0.1) is 12.3 Å². The second-order valence-corrected chi connectivity index (χ2v) is 7.58. The Morgan fingerprint density at radius 2 is 1.92 bits per heavy atom. The van der Waals surface area contributed by atoms with Crippen molar-refractivity contribution in [2.45, 2.75) is 32.0 Å². The molecule has 0 N–H and O–H groups in total. The number of hydrogen-bond donors (Lipinski definition) is 0. The van der Waals surface area contributed by atoms with Crippen molar-refractivity contribution in [1.29, 1.82) is 0 Å². The topological polar surface area (TPSA) is 63.9 Å². The van der Waals surface area contributed by atoms with Crippen LogP contribution in [-0.2, 0) is 11.3 Å². The maximum absolute atomic E-state index is 12.5. The maximum Gasteiger partial charge on any atom is 0.233 e. The molecule has 6 nitrogen and oxygen atoms in total. The summed E-state index contributed by atoms with van der Waals surface area (Å²) in [6.07, 6.45) is 1.20. The van der Waals surface area contributed by atoms with Crippen LogP contribution in [0.2, 0.25) is 0 Å². The minimum Gasteiger partial charge on any atom is -0.341 e. The van der Waals surface area contributed by atoms with Crippen molar-refractivity contribution < 1.29 is 4.79 Å². The van der Waals surface area contributed by atoms with Gasteiger partial charge in [0.1, 0.15) is 0 Å². The van der Waals surface area contributed by atoms with Crippen LogP contribution in [0.4, 0.5) is 0 Å².